The van der Waals surface area contributed by atoms with Crippen LogP contribution in [0.4, 0.5) is 4.39 Å². The molecule has 0 heterocycles. The number of hydrogen-bond acceptors (Lipinski definition) is 4. The van der Waals surface area contributed by atoms with E-state index >= 15 is 0 Å². The van der Waals surface area contributed by atoms with Crippen LogP contribution in [0.2, 0.25) is 0 Å². The fraction of sp³-hybridized carbons (Fsp3) is 0.136. The summed E-state index contributed by atoms with van der Waals surface area (Å²) in [7, 11) is -3.61. The van der Waals surface area contributed by atoms with Crippen LogP contribution in [0.3, 0.4) is 0 Å². The lowest BCUT2D eigenvalue weighted by molar-refractivity contribution is 0.0725. The van der Waals surface area contributed by atoms with Crippen LogP contribution in [-0.4, -0.2) is 25.5 Å². The molecule has 3 aromatic carbocycles. The molecule has 7 heteroatoms. The highest BCUT2D eigenvalue weighted by Crippen LogP contribution is 2.19. The highest BCUT2D eigenvalue weighted by molar-refractivity contribution is 7.86. The minimum Gasteiger partial charge on any atom is -0.383 e. The van der Waals surface area contributed by atoms with E-state index in [2.05, 4.69) is 0 Å². The molecule has 0 saturated heterocycles. The van der Waals surface area contributed by atoms with Crippen LogP contribution in [0.15, 0.2) is 78.9 Å². The summed E-state index contributed by atoms with van der Waals surface area (Å²) in [5.74, 6) is -0.817. The van der Waals surface area contributed by atoms with Crippen LogP contribution in [0.5, 0.6) is 5.75 Å². The van der Waals surface area contributed by atoms with E-state index in [1.165, 1.54) is 30.3 Å². The second-order valence-corrected chi connectivity index (χ2v) is 8.13. The topological polar surface area (TPSA) is 63.7 Å². The zero-order valence-corrected chi connectivity index (χ0v) is 16.6. The van der Waals surface area contributed by atoms with Crippen molar-refractivity contribution in [1.29, 1.82) is 0 Å². The summed E-state index contributed by atoms with van der Waals surface area (Å²) in [5.41, 5.74) is 1.67. The maximum absolute atomic E-state index is 14.2. The summed E-state index contributed by atoms with van der Waals surface area (Å²) < 4.78 is 41.5. The molecule has 29 heavy (non-hydrogen) atoms. The number of nitrogens with zero attached hydrogens (tertiary/aromatic N) is 1. The number of carbonyl (C=O) groups excluding carboxylic acids is 1. The Balaban J connectivity index is 1.85. The van der Waals surface area contributed by atoms with Gasteiger partial charge in [-0.05, 0) is 35.4 Å². The van der Waals surface area contributed by atoms with Gasteiger partial charge in [-0.15, -0.1) is 0 Å². The molecule has 0 N–H and O–H groups in total. The van der Waals surface area contributed by atoms with Crippen LogP contribution in [0.1, 0.15) is 21.5 Å². The van der Waals surface area contributed by atoms with E-state index in [0.29, 0.717) is 6.54 Å². The van der Waals surface area contributed by atoms with Gasteiger partial charge in [0.1, 0.15) is 11.6 Å². The lowest BCUT2D eigenvalue weighted by Crippen LogP contribution is -2.30. The average molecular weight is 413 g/mol. The number of rotatable bonds is 7. The van der Waals surface area contributed by atoms with Gasteiger partial charge in [0.05, 0.1) is 11.8 Å². The molecule has 0 aromatic heterocycles. The van der Waals surface area contributed by atoms with Crippen molar-refractivity contribution in [3.63, 3.8) is 0 Å². The predicted octanol–water partition coefficient (Wildman–Crippen LogP) is 4.01. The summed E-state index contributed by atoms with van der Waals surface area (Å²) >= 11 is 0. The number of carbonyl (C=O) groups is 1. The predicted molar refractivity (Wildman–Crippen MR) is 108 cm³/mol. The van der Waals surface area contributed by atoms with Crippen molar-refractivity contribution in [1.82, 2.24) is 4.90 Å². The molecule has 0 saturated carbocycles. The second kappa shape index (κ2) is 8.87. The largest absolute Gasteiger partial charge is 0.383 e. The van der Waals surface area contributed by atoms with E-state index in [9.17, 15) is 17.6 Å². The summed E-state index contributed by atoms with van der Waals surface area (Å²) in [6, 6.07) is 21.7. The molecule has 0 unspecified atom stereocenters. The first kappa shape index (κ1) is 20.5. The van der Waals surface area contributed by atoms with E-state index in [1.807, 2.05) is 30.3 Å². The smallest absolute Gasteiger partial charge is 0.306 e. The van der Waals surface area contributed by atoms with Gasteiger partial charge in [0.15, 0.2) is 0 Å². The number of amides is 1. The molecule has 150 valence electrons. The highest BCUT2D eigenvalue weighted by Gasteiger charge is 2.20. The standard InChI is InChI=1S/C22H20FNO4S/c1-29(26,27)28-19-13-11-18(12-14-19)16-24(15-17-7-3-2-4-8-17)22(25)20-9-5-6-10-21(20)23/h2-14H,15-16H2,1H3. The van der Waals surface area contributed by atoms with Crippen molar-refractivity contribution in [2.45, 2.75) is 13.1 Å². The van der Waals surface area contributed by atoms with Crippen molar-refractivity contribution < 1.29 is 21.8 Å². The molecule has 3 rings (SSSR count). The quantitative estimate of drug-likeness (QED) is 0.549. The fourth-order valence-corrected chi connectivity index (χ4v) is 3.31. The van der Waals surface area contributed by atoms with Crippen molar-refractivity contribution in [3.8, 4) is 5.75 Å². The third-order valence-electron chi connectivity index (χ3n) is 4.15. The van der Waals surface area contributed by atoms with Crippen LogP contribution in [0.25, 0.3) is 0 Å². The minimum atomic E-state index is -3.61. The van der Waals surface area contributed by atoms with Gasteiger partial charge >= 0.3 is 10.1 Å². The normalized spacial score (nSPS) is 11.1. The zero-order chi connectivity index (χ0) is 20.9. The van der Waals surface area contributed by atoms with E-state index in [0.717, 1.165) is 17.4 Å². The molecular weight excluding hydrogens is 393 g/mol. The number of benzene rings is 3. The Kier molecular flexibility index (Phi) is 6.29. The third-order valence-corrected chi connectivity index (χ3v) is 4.65. The van der Waals surface area contributed by atoms with Crippen molar-refractivity contribution in [2.75, 3.05) is 6.26 Å². The van der Waals surface area contributed by atoms with Crippen LogP contribution in [-0.2, 0) is 23.2 Å². The number of halogens is 1. The van der Waals surface area contributed by atoms with Crippen LogP contribution < -0.4 is 4.18 Å². The van der Waals surface area contributed by atoms with Gasteiger partial charge in [0, 0.05) is 13.1 Å². The molecule has 1 amide bonds. The second-order valence-electron chi connectivity index (χ2n) is 6.56. The molecule has 0 atom stereocenters. The minimum absolute atomic E-state index is 0.000427. The molecule has 5 nitrogen and oxygen atoms in total. The Morgan fingerprint density at radius 1 is 0.862 bits per heavy atom. The third kappa shape index (κ3) is 5.89. The first-order chi connectivity index (χ1) is 13.8. The Morgan fingerprint density at radius 3 is 2.00 bits per heavy atom. The molecule has 0 bridgehead atoms. The fourth-order valence-electron chi connectivity index (χ4n) is 2.85. The Morgan fingerprint density at radius 2 is 1.41 bits per heavy atom. The Labute approximate surface area is 169 Å². The van der Waals surface area contributed by atoms with Crippen LogP contribution in [0, 0.1) is 5.82 Å². The highest BCUT2D eigenvalue weighted by atomic mass is 32.2. The molecule has 0 spiro atoms. The molecule has 0 fully saturated rings. The first-order valence-corrected chi connectivity index (χ1v) is 10.7. The maximum Gasteiger partial charge on any atom is 0.306 e. The molecule has 3 aromatic rings. The molecular formula is C22H20FNO4S. The van der Waals surface area contributed by atoms with Crippen LogP contribution >= 0.6 is 0 Å². The first-order valence-electron chi connectivity index (χ1n) is 8.88. The SMILES string of the molecule is CS(=O)(=O)Oc1ccc(CN(Cc2ccccc2)C(=O)c2ccccc2F)cc1. The van der Waals surface area contributed by atoms with Gasteiger partial charge in [0.25, 0.3) is 5.91 Å². The van der Waals surface area contributed by atoms with Gasteiger partial charge in [-0.2, -0.15) is 8.42 Å². The lowest BCUT2D eigenvalue weighted by Gasteiger charge is -2.23. The molecule has 0 aliphatic heterocycles. The zero-order valence-electron chi connectivity index (χ0n) is 15.8. The number of hydrogen-bond donors (Lipinski definition) is 0. The van der Waals surface area contributed by atoms with Gasteiger partial charge in [-0.1, -0.05) is 54.6 Å². The Bertz CT molecular complexity index is 1080. The van der Waals surface area contributed by atoms with E-state index in [1.54, 1.807) is 23.1 Å². The maximum atomic E-state index is 14.2. The van der Waals surface area contributed by atoms with E-state index in [-0.39, 0.29) is 17.9 Å². The van der Waals surface area contributed by atoms with Gasteiger partial charge in [0.2, 0.25) is 0 Å². The Hall–Kier alpha value is -3.19. The summed E-state index contributed by atoms with van der Waals surface area (Å²) in [4.78, 5) is 14.6. The molecule has 0 radical (unpaired) electrons. The van der Waals surface area contributed by atoms with Crippen molar-refractivity contribution >= 4 is 16.0 Å². The molecule has 0 aliphatic rings. The van der Waals surface area contributed by atoms with E-state index in [4.69, 9.17) is 4.18 Å². The van der Waals surface area contributed by atoms with Gasteiger partial charge in [-0.25, -0.2) is 4.39 Å². The summed E-state index contributed by atoms with van der Waals surface area (Å²) in [6.07, 6.45) is 0.968. The van der Waals surface area contributed by atoms with E-state index < -0.39 is 21.8 Å². The van der Waals surface area contributed by atoms with Gasteiger partial charge in [-0.3, -0.25) is 4.79 Å². The molecule has 0 aliphatic carbocycles. The summed E-state index contributed by atoms with van der Waals surface area (Å²) in [5, 5.41) is 0. The van der Waals surface area contributed by atoms with Gasteiger partial charge < -0.3 is 9.08 Å². The average Bonchev–Trinajstić information content (AvgIpc) is 2.68. The van der Waals surface area contributed by atoms with Crippen molar-refractivity contribution in [3.05, 3.63) is 101 Å². The van der Waals surface area contributed by atoms with Crippen molar-refractivity contribution in [2.24, 2.45) is 0 Å². The lowest BCUT2D eigenvalue weighted by atomic mass is 10.1. The monoisotopic (exact) mass is 413 g/mol. The summed E-state index contributed by atoms with van der Waals surface area (Å²) in [6.45, 7) is 0.525.